The zero-order valence-corrected chi connectivity index (χ0v) is 9.62. The maximum atomic E-state index is 8.44. The zero-order chi connectivity index (χ0) is 11.2. The number of aliphatic hydroxyl groups is 1. The number of aliphatic hydroxyl groups excluding tert-OH is 1. The van der Waals surface area contributed by atoms with E-state index in [9.17, 15) is 0 Å². The second-order valence-corrected chi connectivity index (χ2v) is 3.44. The van der Waals surface area contributed by atoms with Gasteiger partial charge in [0.05, 0.1) is 26.4 Å². The van der Waals surface area contributed by atoms with Crippen molar-refractivity contribution in [2.24, 2.45) is 0 Å². The molecule has 0 saturated heterocycles. The van der Waals surface area contributed by atoms with Crippen molar-refractivity contribution in [3.8, 4) is 0 Å². The summed E-state index contributed by atoms with van der Waals surface area (Å²) in [6, 6.07) is 0. The Bertz CT molecular complexity index is 126. The minimum atomic E-state index is 0.0866. The van der Waals surface area contributed by atoms with Crippen LogP contribution in [0.2, 0.25) is 0 Å². The summed E-state index contributed by atoms with van der Waals surface area (Å²) in [5.74, 6) is 0. The molecule has 15 heavy (non-hydrogen) atoms. The lowest BCUT2D eigenvalue weighted by atomic mass is 10.1. The molecule has 3 heteroatoms. The summed E-state index contributed by atoms with van der Waals surface area (Å²) in [5.41, 5.74) is 0. The Morgan fingerprint density at radius 1 is 0.867 bits per heavy atom. The van der Waals surface area contributed by atoms with E-state index in [1.54, 1.807) is 0 Å². The normalized spacial score (nSPS) is 10.5. The van der Waals surface area contributed by atoms with E-state index in [0.29, 0.717) is 19.8 Å². The van der Waals surface area contributed by atoms with E-state index in [4.69, 9.17) is 14.6 Å². The van der Waals surface area contributed by atoms with Crippen LogP contribution in [0.4, 0.5) is 0 Å². The van der Waals surface area contributed by atoms with Gasteiger partial charge in [-0.2, -0.15) is 0 Å². The molecule has 0 aliphatic carbocycles. The summed E-state index contributed by atoms with van der Waals surface area (Å²) in [4.78, 5) is 0. The van der Waals surface area contributed by atoms with Crippen LogP contribution in [-0.2, 0) is 9.47 Å². The first-order valence-electron chi connectivity index (χ1n) is 5.79. The van der Waals surface area contributed by atoms with Crippen molar-refractivity contribution in [2.75, 3.05) is 33.0 Å². The van der Waals surface area contributed by atoms with Crippen LogP contribution >= 0.6 is 0 Å². The molecule has 0 aromatic heterocycles. The standard InChI is InChI=1S/C12H24O3/c1-2-3-4-5-6-7-9-14-11-12-15-10-8-13/h2,13H,1,3-12H2. The molecule has 90 valence electrons. The maximum Gasteiger partial charge on any atom is 0.0701 e. The fourth-order valence-corrected chi connectivity index (χ4v) is 1.23. The largest absolute Gasteiger partial charge is 0.394 e. The second kappa shape index (κ2) is 13.6. The van der Waals surface area contributed by atoms with E-state index >= 15 is 0 Å². The van der Waals surface area contributed by atoms with Gasteiger partial charge in [-0.1, -0.05) is 18.9 Å². The minimum Gasteiger partial charge on any atom is -0.394 e. The van der Waals surface area contributed by atoms with Crippen molar-refractivity contribution in [3.63, 3.8) is 0 Å². The predicted molar refractivity (Wildman–Crippen MR) is 62.0 cm³/mol. The molecule has 0 atom stereocenters. The van der Waals surface area contributed by atoms with E-state index < -0.39 is 0 Å². The van der Waals surface area contributed by atoms with Gasteiger partial charge in [-0.25, -0.2) is 0 Å². The molecule has 0 aliphatic heterocycles. The SMILES string of the molecule is C=CCCCCCCOCCOCCO. The van der Waals surface area contributed by atoms with Gasteiger partial charge in [0.25, 0.3) is 0 Å². The number of hydrogen-bond donors (Lipinski definition) is 1. The molecule has 0 aliphatic rings. The molecule has 0 heterocycles. The first kappa shape index (κ1) is 14.6. The highest BCUT2D eigenvalue weighted by molar-refractivity contribution is 4.65. The molecule has 0 bridgehead atoms. The number of hydrogen-bond acceptors (Lipinski definition) is 3. The van der Waals surface area contributed by atoms with Gasteiger partial charge >= 0.3 is 0 Å². The van der Waals surface area contributed by atoms with Crippen molar-refractivity contribution < 1.29 is 14.6 Å². The van der Waals surface area contributed by atoms with Crippen LogP contribution in [0.1, 0.15) is 32.1 Å². The highest BCUT2D eigenvalue weighted by Crippen LogP contribution is 2.03. The Labute approximate surface area is 93.1 Å². The fourth-order valence-electron chi connectivity index (χ4n) is 1.23. The van der Waals surface area contributed by atoms with E-state index in [-0.39, 0.29) is 6.61 Å². The lowest BCUT2D eigenvalue weighted by Crippen LogP contribution is -2.07. The number of allylic oxidation sites excluding steroid dienone is 1. The molecule has 3 nitrogen and oxygen atoms in total. The van der Waals surface area contributed by atoms with E-state index in [1.807, 2.05) is 6.08 Å². The molecule has 0 fully saturated rings. The number of rotatable bonds is 12. The fraction of sp³-hybridized carbons (Fsp3) is 0.833. The van der Waals surface area contributed by atoms with Gasteiger partial charge in [-0.05, 0) is 19.3 Å². The van der Waals surface area contributed by atoms with E-state index in [0.717, 1.165) is 19.4 Å². The van der Waals surface area contributed by atoms with Crippen LogP contribution in [-0.4, -0.2) is 38.1 Å². The molecule has 0 saturated carbocycles. The third-order valence-corrected chi connectivity index (χ3v) is 2.05. The van der Waals surface area contributed by atoms with Crippen molar-refractivity contribution in [2.45, 2.75) is 32.1 Å². The second-order valence-electron chi connectivity index (χ2n) is 3.44. The summed E-state index contributed by atoms with van der Waals surface area (Å²) in [7, 11) is 0. The van der Waals surface area contributed by atoms with Gasteiger partial charge in [0.15, 0.2) is 0 Å². The van der Waals surface area contributed by atoms with Crippen molar-refractivity contribution in [1.29, 1.82) is 0 Å². The molecule has 0 spiro atoms. The maximum absolute atomic E-state index is 8.44. The Morgan fingerprint density at radius 2 is 1.53 bits per heavy atom. The molecular weight excluding hydrogens is 192 g/mol. The average molecular weight is 216 g/mol. The molecule has 1 N–H and O–H groups in total. The van der Waals surface area contributed by atoms with Gasteiger partial charge in [-0.15, -0.1) is 6.58 Å². The van der Waals surface area contributed by atoms with Crippen LogP contribution in [0.15, 0.2) is 12.7 Å². The Balaban J connectivity index is 2.83. The van der Waals surface area contributed by atoms with E-state index in [1.165, 1.54) is 19.3 Å². The zero-order valence-electron chi connectivity index (χ0n) is 9.62. The quantitative estimate of drug-likeness (QED) is 0.401. The molecule has 0 aromatic rings. The summed E-state index contributed by atoms with van der Waals surface area (Å²) in [6.45, 7) is 6.21. The Hall–Kier alpha value is -0.380. The Morgan fingerprint density at radius 3 is 2.20 bits per heavy atom. The first-order valence-corrected chi connectivity index (χ1v) is 5.79. The van der Waals surface area contributed by atoms with Gasteiger partial charge in [0.1, 0.15) is 0 Å². The third-order valence-electron chi connectivity index (χ3n) is 2.05. The monoisotopic (exact) mass is 216 g/mol. The topological polar surface area (TPSA) is 38.7 Å². The van der Waals surface area contributed by atoms with Crippen LogP contribution in [0.3, 0.4) is 0 Å². The first-order chi connectivity index (χ1) is 7.41. The van der Waals surface area contributed by atoms with Crippen molar-refractivity contribution >= 4 is 0 Å². The molecular formula is C12H24O3. The minimum absolute atomic E-state index is 0.0866. The molecule has 0 radical (unpaired) electrons. The number of unbranched alkanes of at least 4 members (excludes halogenated alkanes) is 4. The van der Waals surface area contributed by atoms with Gasteiger partial charge in [0.2, 0.25) is 0 Å². The van der Waals surface area contributed by atoms with Crippen LogP contribution in [0.5, 0.6) is 0 Å². The van der Waals surface area contributed by atoms with Crippen LogP contribution in [0.25, 0.3) is 0 Å². The predicted octanol–water partition coefficient (Wildman–Crippen LogP) is 2.15. The smallest absolute Gasteiger partial charge is 0.0701 e. The highest BCUT2D eigenvalue weighted by Gasteiger charge is 1.91. The summed E-state index contributed by atoms with van der Waals surface area (Å²) in [5, 5.41) is 8.44. The Kier molecular flexibility index (Phi) is 13.3. The van der Waals surface area contributed by atoms with Crippen molar-refractivity contribution in [1.82, 2.24) is 0 Å². The molecule has 0 amide bonds. The molecule has 0 aromatic carbocycles. The molecule has 0 rings (SSSR count). The van der Waals surface area contributed by atoms with Crippen LogP contribution in [0, 0.1) is 0 Å². The van der Waals surface area contributed by atoms with Gasteiger partial charge in [0, 0.05) is 6.61 Å². The average Bonchev–Trinajstić information content (AvgIpc) is 2.26. The lowest BCUT2D eigenvalue weighted by molar-refractivity contribution is 0.0321. The van der Waals surface area contributed by atoms with Gasteiger partial charge < -0.3 is 14.6 Å². The summed E-state index contributed by atoms with van der Waals surface area (Å²) >= 11 is 0. The van der Waals surface area contributed by atoms with Crippen LogP contribution < -0.4 is 0 Å². The lowest BCUT2D eigenvalue weighted by Gasteiger charge is -2.04. The third kappa shape index (κ3) is 13.6. The number of ether oxygens (including phenoxy) is 2. The van der Waals surface area contributed by atoms with Gasteiger partial charge in [-0.3, -0.25) is 0 Å². The van der Waals surface area contributed by atoms with Crippen molar-refractivity contribution in [3.05, 3.63) is 12.7 Å². The highest BCUT2D eigenvalue weighted by atomic mass is 16.5. The molecule has 0 unspecified atom stereocenters. The summed E-state index contributed by atoms with van der Waals surface area (Å²) < 4.78 is 10.4. The van der Waals surface area contributed by atoms with E-state index in [2.05, 4.69) is 6.58 Å². The summed E-state index contributed by atoms with van der Waals surface area (Å²) in [6.07, 6.45) is 7.94.